The fourth-order valence-corrected chi connectivity index (χ4v) is 6.28. The number of alkyl halides is 3. The Morgan fingerprint density at radius 2 is 1.72 bits per heavy atom. The quantitative estimate of drug-likeness (QED) is 0.573. The van der Waals surface area contributed by atoms with Crippen molar-refractivity contribution in [2.75, 3.05) is 45.3 Å². The van der Waals surface area contributed by atoms with Crippen LogP contribution in [0.5, 0.6) is 5.75 Å². The Labute approximate surface area is 210 Å². The predicted octanol–water partition coefficient (Wildman–Crippen LogP) is 5.34. The molecule has 1 N–H and O–H groups in total. The van der Waals surface area contributed by atoms with Crippen molar-refractivity contribution < 1.29 is 22.6 Å². The number of likely N-dealkylation sites (tertiary alicyclic amines) is 1. The standard InChI is InChI=1S/C27H35F3N4O2/c1-16-9-25(35-3)17(2)8-22(16)24-12-23(27(28,29)30)26(33-32-24)31-21-10-19-14-34(15-20(19)11-21)13-18-4-6-36-7-5-18/h8-9,12,18-21H,4-7,10-11,13-15H2,1-3H3,(H,31,33)/t19-,20+,21?. The molecule has 6 nitrogen and oxygen atoms in total. The van der Waals surface area contributed by atoms with Crippen LogP contribution in [0.2, 0.25) is 0 Å². The molecule has 196 valence electrons. The predicted molar refractivity (Wildman–Crippen MR) is 132 cm³/mol. The lowest BCUT2D eigenvalue weighted by atomic mass is 10.00. The number of nitrogens with zero attached hydrogens (tertiary/aromatic N) is 3. The van der Waals surface area contributed by atoms with E-state index in [0.717, 1.165) is 75.7 Å². The molecule has 0 radical (unpaired) electrons. The van der Waals surface area contributed by atoms with Crippen molar-refractivity contribution in [1.82, 2.24) is 15.1 Å². The number of halogens is 3. The van der Waals surface area contributed by atoms with E-state index in [0.29, 0.717) is 29.1 Å². The van der Waals surface area contributed by atoms with Gasteiger partial charge in [0.15, 0.2) is 5.82 Å². The second kappa shape index (κ2) is 10.2. The van der Waals surface area contributed by atoms with Gasteiger partial charge in [0.1, 0.15) is 11.3 Å². The lowest BCUT2D eigenvalue weighted by molar-refractivity contribution is -0.137. The van der Waals surface area contributed by atoms with Crippen molar-refractivity contribution in [1.29, 1.82) is 0 Å². The molecule has 2 aromatic rings. The second-order valence-electron chi connectivity index (χ2n) is 10.7. The highest BCUT2D eigenvalue weighted by atomic mass is 19.4. The first-order chi connectivity index (χ1) is 17.2. The van der Waals surface area contributed by atoms with Crippen molar-refractivity contribution in [2.24, 2.45) is 17.8 Å². The van der Waals surface area contributed by atoms with Crippen molar-refractivity contribution in [3.63, 3.8) is 0 Å². The topological polar surface area (TPSA) is 59.5 Å². The van der Waals surface area contributed by atoms with Crippen molar-refractivity contribution in [3.8, 4) is 17.0 Å². The van der Waals surface area contributed by atoms with E-state index in [1.807, 2.05) is 19.9 Å². The number of ether oxygens (including phenoxy) is 2. The smallest absolute Gasteiger partial charge is 0.420 e. The summed E-state index contributed by atoms with van der Waals surface area (Å²) in [6.45, 7) is 8.59. The first-order valence-electron chi connectivity index (χ1n) is 12.9. The molecular formula is C27H35F3N4O2. The summed E-state index contributed by atoms with van der Waals surface area (Å²) >= 11 is 0. The molecule has 3 fully saturated rings. The van der Waals surface area contributed by atoms with Gasteiger partial charge in [0.25, 0.3) is 0 Å². The number of benzene rings is 1. The first kappa shape index (κ1) is 25.3. The molecule has 2 saturated heterocycles. The SMILES string of the molecule is COc1cc(C)c(-c2cc(C(F)(F)F)c(NC3C[C@@H]4CN(CC5CCOCC5)C[C@@H]4C3)nn2)cc1C. The molecule has 5 rings (SSSR count). The van der Waals surface area contributed by atoms with Crippen molar-refractivity contribution in [3.05, 3.63) is 34.9 Å². The van der Waals surface area contributed by atoms with E-state index in [1.54, 1.807) is 13.2 Å². The Morgan fingerprint density at radius 1 is 1.03 bits per heavy atom. The Kier molecular flexibility index (Phi) is 7.14. The lowest BCUT2D eigenvalue weighted by Gasteiger charge is -2.28. The summed E-state index contributed by atoms with van der Waals surface area (Å²) < 4.78 is 53.0. The van der Waals surface area contributed by atoms with Crippen LogP contribution in [-0.4, -0.2) is 61.1 Å². The number of fused-ring (bicyclic) bond motifs is 1. The molecule has 3 heterocycles. The molecule has 0 spiro atoms. The molecule has 3 aliphatic rings. The van der Waals surface area contributed by atoms with E-state index in [4.69, 9.17) is 9.47 Å². The van der Waals surface area contributed by atoms with Gasteiger partial charge in [-0.1, -0.05) is 0 Å². The second-order valence-corrected chi connectivity index (χ2v) is 10.7. The summed E-state index contributed by atoms with van der Waals surface area (Å²) in [5, 5.41) is 11.4. The fraction of sp³-hybridized carbons (Fsp3) is 0.630. The molecule has 2 aliphatic heterocycles. The normalized spacial score (nSPS) is 25.2. The molecule has 1 aromatic carbocycles. The van der Waals surface area contributed by atoms with Gasteiger partial charge in [0, 0.05) is 44.5 Å². The third-order valence-corrected chi connectivity index (χ3v) is 8.14. The number of nitrogens with one attached hydrogen (secondary N) is 1. The van der Waals surface area contributed by atoms with Gasteiger partial charge in [0.05, 0.1) is 12.8 Å². The number of hydrogen-bond donors (Lipinski definition) is 1. The van der Waals surface area contributed by atoms with Gasteiger partial charge in [-0.3, -0.25) is 0 Å². The highest BCUT2D eigenvalue weighted by Crippen LogP contribution is 2.42. The van der Waals surface area contributed by atoms with Crippen molar-refractivity contribution >= 4 is 5.82 Å². The molecule has 1 unspecified atom stereocenters. The molecule has 3 atom stereocenters. The van der Waals surface area contributed by atoms with Crippen LogP contribution in [0, 0.1) is 31.6 Å². The molecule has 1 aliphatic carbocycles. The van der Waals surface area contributed by atoms with Crippen LogP contribution in [0.25, 0.3) is 11.3 Å². The molecule has 1 aromatic heterocycles. The first-order valence-corrected chi connectivity index (χ1v) is 12.9. The van der Waals surface area contributed by atoms with E-state index < -0.39 is 11.7 Å². The van der Waals surface area contributed by atoms with Crippen LogP contribution >= 0.6 is 0 Å². The average Bonchev–Trinajstić information content (AvgIpc) is 3.38. The minimum Gasteiger partial charge on any atom is -0.496 e. The van der Waals surface area contributed by atoms with E-state index in [-0.39, 0.29) is 17.6 Å². The van der Waals surface area contributed by atoms with Crippen LogP contribution in [0.15, 0.2) is 18.2 Å². The summed E-state index contributed by atoms with van der Waals surface area (Å²) in [7, 11) is 1.57. The minimum atomic E-state index is -4.53. The average molecular weight is 505 g/mol. The van der Waals surface area contributed by atoms with Gasteiger partial charge < -0.3 is 19.7 Å². The number of methoxy groups -OCH3 is 1. The highest BCUT2D eigenvalue weighted by molar-refractivity contribution is 5.68. The molecule has 0 bridgehead atoms. The number of aryl methyl sites for hydroxylation is 2. The summed E-state index contributed by atoms with van der Waals surface area (Å²) in [6, 6.07) is 4.72. The Bertz CT molecular complexity index is 1070. The zero-order chi connectivity index (χ0) is 25.4. The van der Waals surface area contributed by atoms with Gasteiger partial charge in [-0.05, 0) is 86.6 Å². The van der Waals surface area contributed by atoms with E-state index in [1.165, 1.54) is 0 Å². The van der Waals surface area contributed by atoms with Crippen LogP contribution in [0.1, 0.15) is 42.4 Å². The maximum atomic E-state index is 14.1. The largest absolute Gasteiger partial charge is 0.496 e. The van der Waals surface area contributed by atoms with Gasteiger partial charge in [-0.25, -0.2) is 0 Å². The van der Waals surface area contributed by atoms with Crippen LogP contribution < -0.4 is 10.1 Å². The number of aromatic nitrogens is 2. The summed E-state index contributed by atoms with van der Waals surface area (Å²) in [6.07, 6.45) is -0.544. The Balaban J connectivity index is 1.28. The minimum absolute atomic E-state index is 0.0172. The zero-order valence-electron chi connectivity index (χ0n) is 21.2. The maximum Gasteiger partial charge on any atom is 0.420 e. The van der Waals surface area contributed by atoms with Crippen LogP contribution in [-0.2, 0) is 10.9 Å². The molecular weight excluding hydrogens is 469 g/mol. The summed E-state index contributed by atoms with van der Waals surface area (Å²) in [5.74, 6) is 2.27. The summed E-state index contributed by atoms with van der Waals surface area (Å²) in [5.41, 5.74) is 1.69. The fourth-order valence-electron chi connectivity index (χ4n) is 6.28. The van der Waals surface area contributed by atoms with Gasteiger partial charge in [-0.15, -0.1) is 10.2 Å². The van der Waals surface area contributed by atoms with Gasteiger partial charge in [-0.2, -0.15) is 13.2 Å². The number of rotatable bonds is 6. The third-order valence-electron chi connectivity index (χ3n) is 8.14. The number of hydrogen-bond acceptors (Lipinski definition) is 6. The monoisotopic (exact) mass is 504 g/mol. The number of anilines is 1. The van der Waals surface area contributed by atoms with Crippen LogP contribution in [0.4, 0.5) is 19.0 Å². The third kappa shape index (κ3) is 5.32. The van der Waals surface area contributed by atoms with E-state index in [9.17, 15) is 13.2 Å². The maximum absolute atomic E-state index is 14.1. The zero-order valence-corrected chi connectivity index (χ0v) is 21.2. The summed E-state index contributed by atoms with van der Waals surface area (Å²) in [4.78, 5) is 2.55. The highest BCUT2D eigenvalue weighted by Gasteiger charge is 2.43. The lowest BCUT2D eigenvalue weighted by Crippen LogP contribution is -2.32. The molecule has 36 heavy (non-hydrogen) atoms. The molecule has 9 heteroatoms. The van der Waals surface area contributed by atoms with Crippen LogP contribution in [0.3, 0.4) is 0 Å². The van der Waals surface area contributed by atoms with Gasteiger partial charge >= 0.3 is 6.18 Å². The molecule has 1 saturated carbocycles. The Hall–Kier alpha value is -2.39. The van der Waals surface area contributed by atoms with E-state index >= 15 is 0 Å². The Morgan fingerprint density at radius 3 is 2.36 bits per heavy atom. The van der Waals surface area contributed by atoms with E-state index in [2.05, 4.69) is 20.4 Å². The van der Waals surface area contributed by atoms with Crippen molar-refractivity contribution in [2.45, 2.75) is 51.7 Å². The van der Waals surface area contributed by atoms with Gasteiger partial charge in [0.2, 0.25) is 0 Å². The molecule has 0 amide bonds.